The Morgan fingerprint density at radius 1 is 1.07 bits per heavy atom. The molecule has 0 bridgehead atoms. The molecule has 2 aliphatic rings. The Balaban J connectivity index is 1.43. The Kier molecular flexibility index (Phi) is 5.29. The fourth-order valence-electron chi connectivity index (χ4n) is 4.21. The number of fused-ring (bicyclic) bond motifs is 1. The number of carbonyl (C=O) groups excluding carboxylic acids is 1. The summed E-state index contributed by atoms with van der Waals surface area (Å²) in [5.74, 6) is 0.719. The molecular formula is C24H28N4O. The predicted octanol–water partition coefficient (Wildman–Crippen LogP) is 4.14. The molecule has 1 saturated heterocycles. The molecule has 0 saturated carbocycles. The summed E-state index contributed by atoms with van der Waals surface area (Å²) in [5, 5.41) is 12.4. The van der Waals surface area contributed by atoms with Gasteiger partial charge in [0.05, 0.1) is 11.6 Å². The third kappa shape index (κ3) is 3.86. The first kappa shape index (κ1) is 19.5. The molecule has 2 aliphatic heterocycles. The largest absolute Gasteiger partial charge is 0.374 e. The van der Waals surface area contributed by atoms with Crippen LogP contribution in [0.4, 0.5) is 11.4 Å². The summed E-state index contributed by atoms with van der Waals surface area (Å²) in [6.07, 6.45) is 0.770. The number of nitriles is 1. The third-order valence-electron chi connectivity index (χ3n) is 6.35. The van der Waals surface area contributed by atoms with E-state index in [1.165, 1.54) is 11.1 Å². The maximum atomic E-state index is 12.9. The summed E-state index contributed by atoms with van der Waals surface area (Å²) >= 11 is 0. The van der Waals surface area contributed by atoms with Gasteiger partial charge in [-0.3, -0.25) is 9.69 Å². The molecule has 5 heteroatoms. The summed E-state index contributed by atoms with van der Waals surface area (Å²) in [5.41, 5.74) is 5.22. The van der Waals surface area contributed by atoms with Gasteiger partial charge in [-0.2, -0.15) is 5.26 Å². The summed E-state index contributed by atoms with van der Waals surface area (Å²) in [6.45, 7) is 9.50. The van der Waals surface area contributed by atoms with Crippen LogP contribution in [0.3, 0.4) is 0 Å². The van der Waals surface area contributed by atoms with Gasteiger partial charge in [0.25, 0.3) is 0 Å². The molecule has 1 fully saturated rings. The second kappa shape index (κ2) is 7.88. The molecular weight excluding hydrogens is 360 g/mol. The average molecular weight is 389 g/mol. The van der Waals surface area contributed by atoms with Crippen LogP contribution < -0.4 is 10.2 Å². The Hall–Kier alpha value is -2.84. The zero-order valence-corrected chi connectivity index (χ0v) is 17.4. The highest BCUT2D eigenvalue weighted by Crippen LogP contribution is 2.30. The SMILES string of the molecule is CC(C)C(C)N1Cc2ccc(NC3CCN(c4ccc(C#N)cc4)C3=O)cc2C1. The van der Waals surface area contributed by atoms with Crippen LogP contribution in [0.1, 0.15) is 43.9 Å². The highest BCUT2D eigenvalue weighted by molar-refractivity contribution is 6.01. The van der Waals surface area contributed by atoms with Crippen molar-refractivity contribution in [2.75, 3.05) is 16.8 Å². The van der Waals surface area contributed by atoms with E-state index in [4.69, 9.17) is 5.26 Å². The number of amides is 1. The lowest BCUT2D eigenvalue weighted by molar-refractivity contribution is -0.117. The first-order chi connectivity index (χ1) is 14.0. The molecule has 1 amide bonds. The van der Waals surface area contributed by atoms with Crippen molar-refractivity contribution >= 4 is 17.3 Å². The number of benzene rings is 2. The van der Waals surface area contributed by atoms with Gasteiger partial charge >= 0.3 is 0 Å². The zero-order chi connectivity index (χ0) is 20.5. The fourth-order valence-corrected chi connectivity index (χ4v) is 4.21. The number of hydrogen-bond donors (Lipinski definition) is 1. The molecule has 4 rings (SSSR count). The van der Waals surface area contributed by atoms with E-state index in [-0.39, 0.29) is 11.9 Å². The van der Waals surface area contributed by atoms with Crippen molar-refractivity contribution < 1.29 is 4.79 Å². The Bertz CT molecular complexity index is 944. The van der Waals surface area contributed by atoms with E-state index >= 15 is 0 Å². The monoisotopic (exact) mass is 388 g/mol. The molecule has 5 nitrogen and oxygen atoms in total. The Morgan fingerprint density at radius 2 is 1.79 bits per heavy atom. The van der Waals surface area contributed by atoms with Crippen LogP contribution >= 0.6 is 0 Å². The summed E-state index contributed by atoms with van der Waals surface area (Å²) < 4.78 is 0. The molecule has 0 radical (unpaired) electrons. The first-order valence-electron chi connectivity index (χ1n) is 10.4. The van der Waals surface area contributed by atoms with Crippen molar-refractivity contribution in [2.45, 2.75) is 52.4 Å². The summed E-state index contributed by atoms with van der Waals surface area (Å²) in [6, 6.07) is 16.2. The van der Waals surface area contributed by atoms with Crippen molar-refractivity contribution in [1.82, 2.24) is 4.90 Å². The molecule has 1 N–H and O–H groups in total. The van der Waals surface area contributed by atoms with E-state index in [0.29, 0.717) is 24.1 Å². The zero-order valence-electron chi connectivity index (χ0n) is 17.4. The molecule has 150 valence electrons. The molecule has 0 aromatic heterocycles. The van der Waals surface area contributed by atoms with Crippen molar-refractivity contribution in [3.05, 3.63) is 59.2 Å². The standard InChI is InChI=1S/C24H28N4O/c1-16(2)17(3)27-14-19-6-7-21(12-20(19)15-27)26-23-10-11-28(24(23)29)22-8-4-18(13-25)5-9-22/h4-9,12,16-17,23,26H,10-11,14-15H2,1-3H3. The molecule has 2 heterocycles. The van der Waals surface area contributed by atoms with Crippen LogP contribution in [0.5, 0.6) is 0 Å². The number of hydrogen-bond acceptors (Lipinski definition) is 4. The van der Waals surface area contributed by atoms with Gasteiger partial charge in [0, 0.05) is 37.1 Å². The van der Waals surface area contributed by atoms with Gasteiger partial charge in [-0.1, -0.05) is 19.9 Å². The van der Waals surface area contributed by atoms with Gasteiger partial charge in [0.2, 0.25) is 5.91 Å². The molecule has 0 aliphatic carbocycles. The number of anilines is 2. The van der Waals surface area contributed by atoms with Gasteiger partial charge in [-0.05, 0) is 66.8 Å². The van der Waals surface area contributed by atoms with Gasteiger partial charge in [-0.15, -0.1) is 0 Å². The number of nitrogens with zero attached hydrogens (tertiary/aromatic N) is 3. The smallest absolute Gasteiger partial charge is 0.249 e. The van der Waals surface area contributed by atoms with E-state index in [2.05, 4.69) is 55.3 Å². The van der Waals surface area contributed by atoms with Crippen LogP contribution in [-0.2, 0) is 17.9 Å². The summed E-state index contributed by atoms with van der Waals surface area (Å²) in [4.78, 5) is 17.2. The van der Waals surface area contributed by atoms with E-state index in [9.17, 15) is 4.79 Å². The molecule has 2 unspecified atom stereocenters. The molecule has 0 spiro atoms. The highest BCUT2D eigenvalue weighted by atomic mass is 16.2. The molecule has 2 aromatic carbocycles. The van der Waals surface area contributed by atoms with Gasteiger partial charge in [0.1, 0.15) is 6.04 Å². The minimum atomic E-state index is -0.212. The third-order valence-corrected chi connectivity index (χ3v) is 6.35. The Labute approximate surface area is 172 Å². The van der Waals surface area contributed by atoms with Crippen LogP contribution in [-0.4, -0.2) is 29.4 Å². The maximum absolute atomic E-state index is 12.9. The normalized spacial score (nSPS) is 20.0. The lowest BCUT2D eigenvalue weighted by Crippen LogP contribution is -2.33. The minimum Gasteiger partial charge on any atom is -0.374 e. The van der Waals surface area contributed by atoms with Gasteiger partial charge < -0.3 is 10.2 Å². The van der Waals surface area contributed by atoms with Crippen molar-refractivity contribution in [1.29, 1.82) is 5.26 Å². The molecule has 29 heavy (non-hydrogen) atoms. The second-order valence-electron chi connectivity index (χ2n) is 8.51. The number of nitrogens with one attached hydrogen (secondary N) is 1. The van der Waals surface area contributed by atoms with E-state index in [0.717, 1.165) is 30.9 Å². The quantitative estimate of drug-likeness (QED) is 0.836. The van der Waals surface area contributed by atoms with E-state index < -0.39 is 0 Å². The second-order valence-corrected chi connectivity index (χ2v) is 8.51. The number of rotatable bonds is 5. The fraction of sp³-hybridized carbons (Fsp3) is 0.417. The lowest BCUT2D eigenvalue weighted by Gasteiger charge is -2.26. The van der Waals surface area contributed by atoms with Crippen LogP contribution in [0, 0.1) is 17.2 Å². The van der Waals surface area contributed by atoms with E-state index in [1.54, 1.807) is 17.0 Å². The summed E-state index contributed by atoms with van der Waals surface area (Å²) in [7, 11) is 0. The lowest BCUT2D eigenvalue weighted by atomic mass is 10.1. The van der Waals surface area contributed by atoms with Gasteiger partial charge in [-0.25, -0.2) is 0 Å². The molecule has 2 atom stereocenters. The minimum absolute atomic E-state index is 0.0882. The highest BCUT2D eigenvalue weighted by Gasteiger charge is 2.33. The van der Waals surface area contributed by atoms with Crippen molar-refractivity contribution in [3.63, 3.8) is 0 Å². The maximum Gasteiger partial charge on any atom is 0.249 e. The molecule has 2 aromatic rings. The van der Waals surface area contributed by atoms with Crippen molar-refractivity contribution in [3.8, 4) is 6.07 Å². The first-order valence-corrected chi connectivity index (χ1v) is 10.4. The number of carbonyl (C=O) groups is 1. The average Bonchev–Trinajstić information content (AvgIpc) is 3.31. The van der Waals surface area contributed by atoms with Crippen LogP contribution in [0.2, 0.25) is 0 Å². The van der Waals surface area contributed by atoms with Crippen LogP contribution in [0.15, 0.2) is 42.5 Å². The van der Waals surface area contributed by atoms with Gasteiger partial charge in [0.15, 0.2) is 0 Å². The van der Waals surface area contributed by atoms with E-state index in [1.807, 2.05) is 12.1 Å². The van der Waals surface area contributed by atoms with Crippen molar-refractivity contribution in [2.24, 2.45) is 5.92 Å². The van der Waals surface area contributed by atoms with Crippen LogP contribution in [0.25, 0.3) is 0 Å². The topological polar surface area (TPSA) is 59.4 Å². The Morgan fingerprint density at radius 3 is 2.48 bits per heavy atom. The predicted molar refractivity (Wildman–Crippen MR) is 116 cm³/mol.